The number of anilines is 1. The molecule has 1 aromatic heterocycles. The minimum atomic E-state index is -3.49. The maximum absolute atomic E-state index is 13.0. The largest absolute Gasteiger partial charge is 0.497 e. The van der Waals surface area contributed by atoms with E-state index in [9.17, 15) is 13.2 Å². The van der Waals surface area contributed by atoms with Crippen LogP contribution in [-0.2, 0) is 14.8 Å². The molecule has 0 aliphatic carbocycles. The lowest BCUT2D eigenvalue weighted by Crippen LogP contribution is -2.27. The lowest BCUT2D eigenvalue weighted by Gasteiger charge is -2.17. The second-order valence-corrected chi connectivity index (χ2v) is 11.5. The van der Waals surface area contributed by atoms with Crippen molar-refractivity contribution in [1.29, 1.82) is 0 Å². The Bertz CT molecular complexity index is 1290. The van der Waals surface area contributed by atoms with E-state index in [2.05, 4.69) is 5.32 Å². The van der Waals surface area contributed by atoms with Gasteiger partial charge in [0.1, 0.15) is 5.75 Å². The fourth-order valence-electron chi connectivity index (χ4n) is 4.01. The van der Waals surface area contributed by atoms with Crippen LogP contribution in [0.25, 0.3) is 10.9 Å². The van der Waals surface area contributed by atoms with Gasteiger partial charge in [-0.15, -0.1) is 0 Å². The molecule has 2 heterocycles. The van der Waals surface area contributed by atoms with E-state index in [1.54, 1.807) is 53.9 Å². The molecule has 34 heavy (non-hydrogen) atoms. The molecule has 3 aromatic rings. The van der Waals surface area contributed by atoms with Crippen molar-refractivity contribution in [3.8, 4) is 5.75 Å². The average molecular weight is 500 g/mol. The van der Waals surface area contributed by atoms with Crippen LogP contribution >= 0.6 is 11.8 Å². The molecule has 1 fully saturated rings. The maximum Gasteiger partial charge on any atom is 0.243 e. The van der Waals surface area contributed by atoms with E-state index >= 15 is 0 Å². The molecule has 1 amide bonds. The van der Waals surface area contributed by atoms with Gasteiger partial charge < -0.3 is 10.1 Å². The Hall–Kier alpha value is -2.62. The smallest absolute Gasteiger partial charge is 0.243 e. The summed E-state index contributed by atoms with van der Waals surface area (Å²) >= 11 is 1.41. The molecule has 2 aromatic carbocycles. The van der Waals surface area contributed by atoms with Gasteiger partial charge >= 0.3 is 0 Å². The van der Waals surface area contributed by atoms with Gasteiger partial charge in [-0.3, -0.25) is 4.79 Å². The Labute approximate surface area is 205 Å². The molecule has 1 aliphatic heterocycles. The highest BCUT2D eigenvalue weighted by atomic mass is 32.2. The van der Waals surface area contributed by atoms with Gasteiger partial charge in [0.15, 0.2) is 0 Å². The number of methoxy groups -OCH3 is 1. The summed E-state index contributed by atoms with van der Waals surface area (Å²) < 4.78 is 32.6. The summed E-state index contributed by atoms with van der Waals surface area (Å²) in [5, 5.41) is 4.17. The van der Waals surface area contributed by atoms with Gasteiger partial charge in [0.2, 0.25) is 15.9 Å². The van der Waals surface area contributed by atoms with Crippen molar-refractivity contribution in [3.63, 3.8) is 0 Å². The van der Waals surface area contributed by atoms with Crippen LogP contribution in [0.3, 0.4) is 0 Å². The fourth-order valence-corrected chi connectivity index (χ4v) is 6.57. The number of amides is 1. The number of fused-ring (bicyclic) bond motifs is 1. The molecule has 1 atom stereocenters. The average Bonchev–Trinajstić information content (AvgIpc) is 3.39. The van der Waals surface area contributed by atoms with Crippen LogP contribution in [0.15, 0.2) is 58.5 Å². The van der Waals surface area contributed by atoms with Gasteiger partial charge in [-0.1, -0.05) is 18.7 Å². The lowest BCUT2D eigenvalue weighted by molar-refractivity contribution is -0.115. The van der Waals surface area contributed by atoms with Gasteiger partial charge in [-0.2, -0.15) is 4.31 Å². The van der Waals surface area contributed by atoms with Crippen molar-refractivity contribution in [1.82, 2.24) is 9.29 Å². The third-order valence-corrected chi connectivity index (χ3v) is 9.13. The summed E-state index contributed by atoms with van der Waals surface area (Å²) in [7, 11) is -1.89. The SMILES string of the molecule is CCC(Sc1cc(C)c2cc(S(=O)(=O)N3CCCC3)ccc2n1)C(=O)Nc1ccc(OC)cc1. The van der Waals surface area contributed by atoms with Crippen LogP contribution in [0.1, 0.15) is 31.7 Å². The summed E-state index contributed by atoms with van der Waals surface area (Å²) in [6, 6.07) is 14.2. The molecule has 9 heteroatoms. The zero-order valence-corrected chi connectivity index (χ0v) is 21.2. The molecular weight excluding hydrogens is 470 g/mol. The number of thioether (sulfide) groups is 1. The van der Waals surface area contributed by atoms with Crippen LogP contribution in [0.5, 0.6) is 5.75 Å². The third kappa shape index (κ3) is 5.21. The number of hydrogen-bond donors (Lipinski definition) is 1. The molecule has 0 spiro atoms. The van der Waals surface area contributed by atoms with Crippen molar-refractivity contribution in [3.05, 3.63) is 54.1 Å². The van der Waals surface area contributed by atoms with Gasteiger partial charge in [0, 0.05) is 24.2 Å². The molecule has 1 unspecified atom stereocenters. The van der Waals surface area contributed by atoms with E-state index in [-0.39, 0.29) is 11.2 Å². The van der Waals surface area contributed by atoms with Crippen LogP contribution in [0, 0.1) is 6.92 Å². The Balaban J connectivity index is 1.53. The Morgan fingerprint density at radius 2 is 1.85 bits per heavy atom. The molecular formula is C25H29N3O4S2. The monoisotopic (exact) mass is 499 g/mol. The number of nitrogens with zero attached hydrogens (tertiary/aromatic N) is 2. The zero-order chi connectivity index (χ0) is 24.3. The highest BCUT2D eigenvalue weighted by molar-refractivity contribution is 8.00. The Morgan fingerprint density at radius 1 is 1.15 bits per heavy atom. The second-order valence-electron chi connectivity index (χ2n) is 8.30. The predicted molar refractivity (Wildman–Crippen MR) is 136 cm³/mol. The third-order valence-electron chi connectivity index (χ3n) is 5.95. The van der Waals surface area contributed by atoms with Crippen molar-refractivity contribution in [2.75, 3.05) is 25.5 Å². The second kappa shape index (κ2) is 10.3. The van der Waals surface area contributed by atoms with Gasteiger partial charge in [0.25, 0.3) is 0 Å². The number of benzene rings is 2. The number of sulfonamides is 1. The highest BCUT2D eigenvalue weighted by Gasteiger charge is 2.27. The summed E-state index contributed by atoms with van der Waals surface area (Å²) in [5.74, 6) is 0.635. The maximum atomic E-state index is 13.0. The van der Waals surface area contributed by atoms with E-state index in [4.69, 9.17) is 9.72 Å². The molecule has 1 N–H and O–H groups in total. The Morgan fingerprint density at radius 3 is 2.50 bits per heavy atom. The molecule has 7 nitrogen and oxygen atoms in total. The van der Waals surface area contributed by atoms with Crippen molar-refractivity contribution >= 4 is 44.3 Å². The molecule has 0 radical (unpaired) electrons. The van der Waals surface area contributed by atoms with Gasteiger partial charge in [-0.25, -0.2) is 13.4 Å². The first-order valence-electron chi connectivity index (χ1n) is 11.3. The van der Waals surface area contributed by atoms with E-state index in [0.29, 0.717) is 35.6 Å². The number of rotatable bonds is 8. The molecule has 0 saturated carbocycles. The highest BCUT2D eigenvalue weighted by Crippen LogP contribution is 2.31. The van der Waals surface area contributed by atoms with E-state index < -0.39 is 10.0 Å². The van der Waals surface area contributed by atoms with E-state index in [0.717, 1.165) is 34.6 Å². The molecule has 1 aliphatic rings. The molecule has 0 bridgehead atoms. The number of aromatic nitrogens is 1. The van der Waals surface area contributed by atoms with E-state index in [1.807, 2.05) is 19.9 Å². The van der Waals surface area contributed by atoms with Crippen molar-refractivity contribution < 1.29 is 17.9 Å². The summed E-state index contributed by atoms with van der Waals surface area (Å²) in [5.41, 5.74) is 2.35. The molecule has 4 rings (SSSR count). The van der Waals surface area contributed by atoms with Gasteiger partial charge in [0.05, 0.1) is 27.8 Å². The number of carbonyl (C=O) groups excluding carboxylic acids is 1. The lowest BCUT2D eigenvalue weighted by atomic mass is 10.1. The summed E-state index contributed by atoms with van der Waals surface area (Å²) in [6.45, 7) is 5.06. The Kier molecular flexibility index (Phi) is 7.45. The normalized spacial score (nSPS) is 15.4. The zero-order valence-electron chi connectivity index (χ0n) is 19.6. The van der Waals surface area contributed by atoms with Crippen LogP contribution in [-0.4, -0.2) is 49.1 Å². The predicted octanol–water partition coefficient (Wildman–Crippen LogP) is 4.85. The minimum absolute atomic E-state index is 0.0933. The number of pyridine rings is 1. The van der Waals surface area contributed by atoms with Crippen LogP contribution in [0.2, 0.25) is 0 Å². The van der Waals surface area contributed by atoms with Crippen molar-refractivity contribution in [2.24, 2.45) is 0 Å². The first-order chi connectivity index (χ1) is 16.3. The fraction of sp³-hybridized carbons (Fsp3) is 0.360. The first kappa shape index (κ1) is 24.5. The summed E-state index contributed by atoms with van der Waals surface area (Å²) in [4.78, 5) is 17.9. The van der Waals surface area contributed by atoms with Crippen LogP contribution < -0.4 is 10.1 Å². The number of carbonyl (C=O) groups is 1. The first-order valence-corrected chi connectivity index (χ1v) is 13.7. The quantitative estimate of drug-likeness (QED) is 0.446. The standard InChI is InChI=1S/C25H29N3O4S2/c1-4-23(25(29)26-18-7-9-19(32-3)10-8-18)33-24-15-17(2)21-16-20(11-12-22(21)27-24)34(30,31)28-13-5-6-14-28/h7-12,15-16,23H,4-6,13-14H2,1-3H3,(H,26,29). The number of ether oxygens (including phenoxy) is 1. The number of nitrogens with one attached hydrogen (secondary N) is 1. The van der Waals surface area contributed by atoms with Gasteiger partial charge in [-0.05, 0) is 80.3 Å². The minimum Gasteiger partial charge on any atom is -0.497 e. The van der Waals surface area contributed by atoms with Crippen LogP contribution in [0.4, 0.5) is 5.69 Å². The van der Waals surface area contributed by atoms with Crippen molar-refractivity contribution in [2.45, 2.75) is 48.3 Å². The molecule has 180 valence electrons. The van der Waals surface area contributed by atoms with E-state index in [1.165, 1.54) is 11.8 Å². The molecule has 1 saturated heterocycles. The number of hydrogen-bond acceptors (Lipinski definition) is 6. The number of aryl methyl sites for hydroxylation is 1. The topological polar surface area (TPSA) is 88.6 Å². The summed E-state index contributed by atoms with van der Waals surface area (Å²) in [6.07, 6.45) is 2.44.